The second kappa shape index (κ2) is 6.92. The van der Waals surface area contributed by atoms with Gasteiger partial charge in [0.05, 0.1) is 32.8 Å². The molecule has 10 heteroatoms. The van der Waals surface area contributed by atoms with Crippen molar-refractivity contribution in [1.29, 1.82) is 0 Å². The van der Waals surface area contributed by atoms with Crippen molar-refractivity contribution in [2.24, 2.45) is 5.92 Å². The van der Waals surface area contributed by atoms with E-state index in [-0.39, 0.29) is 36.7 Å². The molecule has 2 aliphatic heterocycles. The highest BCUT2D eigenvalue weighted by Crippen LogP contribution is 2.49. The molecule has 0 spiro atoms. The Kier molecular flexibility index (Phi) is 4.36. The van der Waals surface area contributed by atoms with Crippen LogP contribution in [0.1, 0.15) is 11.8 Å². The number of aliphatic hydroxyl groups excluding tert-OH is 1. The number of nitrogen functional groups attached to an aromatic ring is 1. The van der Waals surface area contributed by atoms with Gasteiger partial charge in [-0.15, -0.1) is 0 Å². The Hall–Kier alpha value is -2.79. The zero-order valence-electron chi connectivity index (χ0n) is 15.5. The van der Waals surface area contributed by atoms with Crippen molar-refractivity contribution in [1.82, 2.24) is 19.5 Å². The van der Waals surface area contributed by atoms with Crippen molar-refractivity contribution in [3.05, 3.63) is 52.6 Å². The van der Waals surface area contributed by atoms with Gasteiger partial charge in [0.15, 0.2) is 17.4 Å². The van der Waals surface area contributed by atoms with E-state index in [0.29, 0.717) is 18.9 Å². The number of hydrogen-bond donors (Lipinski definition) is 3. The van der Waals surface area contributed by atoms with E-state index in [9.17, 15) is 9.90 Å². The van der Waals surface area contributed by atoms with Crippen molar-refractivity contribution >= 4 is 17.1 Å². The van der Waals surface area contributed by atoms with E-state index in [1.54, 1.807) is 4.57 Å². The van der Waals surface area contributed by atoms with E-state index < -0.39 is 17.4 Å². The monoisotopic (exact) mass is 399 g/mol. The summed E-state index contributed by atoms with van der Waals surface area (Å²) in [5.74, 6) is -0.189. The molecule has 0 radical (unpaired) electrons. The molecular formula is C19H21N5O5. The van der Waals surface area contributed by atoms with Crippen LogP contribution in [0.25, 0.3) is 11.2 Å². The molecule has 4 N–H and O–H groups in total. The van der Waals surface area contributed by atoms with E-state index in [1.165, 1.54) is 6.33 Å². The van der Waals surface area contributed by atoms with Crippen LogP contribution in [0.3, 0.4) is 0 Å². The number of ether oxygens (including phenoxy) is 3. The third-order valence-corrected chi connectivity index (χ3v) is 5.63. The molecule has 10 nitrogen and oxygen atoms in total. The summed E-state index contributed by atoms with van der Waals surface area (Å²) in [6.45, 7) is 0.881. The van der Waals surface area contributed by atoms with Crippen LogP contribution < -0.4 is 11.3 Å². The van der Waals surface area contributed by atoms with E-state index in [0.717, 1.165) is 5.56 Å². The number of nitrogens with zero attached hydrogens (tertiary/aromatic N) is 3. The second-order valence-electron chi connectivity index (χ2n) is 7.39. The molecule has 29 heavy (non-hydrogen) atoms. The van der Waals surface area contributed by atoms with Gasteiger partial charge in [0.25, 0.3) is 5.56 Å². The van der Waals surface area contributed by atoms with E-state index in [4.69, 9.17) is 19.9 Å². The highest BCUT2D eigenvalue weighted by atomic mass is 16.6. The van der Waals surface area contributed by atoms with Crippen LogP contribution in [-0.2, 0) is 20.8 Å². The number of benzene rings is 1. The summed E-state index contributed by atoms with van der Waals surface area (Å²) in [6, 6.07) is 9.85. The summed E-state index contributed by atoms with van der Waals surface area (Å²) in [5, 5.41) is 10.1. The first-order valence-electron chi connectivity index (χ1n) is 9.35. The highest BCUT2D eigenvalue weighted by molar-refractivity contribution is 5.70. The predicted octanol–water partition coefficient (Wildman–Crippen LogP) is 0.193. The maximum atomic E-state index is 12.1. The molecule has 0 aliphatic carbocycles. The lowest BCUT2D eigenvalue weighted by molar-refractivity contribution is -0.184. The molecule has 2 bridgehead atoms. The number of rotatable bonds is 6. The first-order chi connectivity index (χ1) is 14.1. The Bertz CT molecular complexity index is 1080. The van der Waals surface area contributed by atoms with Crippen molar-refractivity contribution < 1.29 is 19.3 Å². The molecule has 2 saturated heterocycles. The number of H-pyrrole nitrogens is 1. The minimum absolute atomic E-state index is 0.00654. The van der Waals surface area contributed by atoms with E-state index in [1.807, 2.05) is 30.3 Å². The van der Waals surface area contributed by atoms with Gasteiger partial charge in [0.1, 0.15) is 11.7 Å². The number of nitrogens with two attached hydrogens (primary N) is 1. The second-order valence-corrected chi connectivity index (χ2v) is 7.39. The van der Waals surface area contributed by atoms with Gasteiger partial charge in [-0.25, -0.2) is 4.98 Å². The topological polar surface area (TPSA) is 138 Å². The fraction of sp³-hybridized carbons (Fsp3) is 0.421. The van der Waals surface area contributed by atoms with E-state index in [2.05, 4.69) is 15.0 Å². The number of nitrogens with one attached hydrogen (secondary N) is 1. The summed E-state index contributed by atoms with van der Waals surface area (Å²) in [7, 11) is 0. The van der Waals surface area contributed by atoms with Crippen molar-refractivity contribution in [2.75, 3.05) is 25.6 Å². The molecular weight excluding hydrogens is 378 g/mol. The third kappa shape index (κ3) is 2.92. The van der Waals surface area contributed by atoms with Gasteiger partial charge in [-0.3, -0.25) is 14.3 Å². The highest BCUT2D eigenvalue weighted by Gasteiger charge is 2.62. The molecule has 5 rings (SSSR count). The smallest absolute Gasteiger partial charge is 0.280 e. The molecule has 2 unspecified atom stereocenters. The fourth-order valence-electron chi connectivity index (χ4n) is 4.14. The Morgan fingerprint density at radius 3 is 3.00 bits per heavy atom. The first-order valence-corrected chi connectivity index (χ1v) is 9.35. The van der Waals surface area contributed by atoms with Gasteiger partial charge in [-0.05, 0) is 5.56 Å². The van der Waals surface area contributed by atoms with Crippen molar-refractivity contribution in [3.63, 3.8) is 0 Å². The van der Waals surface area contributed by atoms with Crippen LogP contribution in [0.4, 0.5) is 5.95 Å². The average Bonchev–Trinajstić information content (AvgIpc) is 3.39. The van der Waals surface area contributed by atoms with Gasteiger partial charge in [0, 0.05) is 5.92 Å². The molecule has 0 amide bonds. The predicted molar refractivity (Wildman–Crippen MR) is 102 cm³/mol. The number of aliphatic hydroxyl groups is 1. The third-order valence-electron chi connectivity index (χ3n) is 5.63. The molecule has 2 fully saturated rings. The zero-order chi connectivity index (χ0) is 20.0. The SMILES string of the molecule is Nc1nc2c(ncn2[C@@H]2O[C@@]3(CO)COC2C3COCc2ccccc2)c(=O)[nH]1. The number of hydrogen-bond acceptors (Lipinski definition) is 8. The molecule has 4 atom stereocenters. The summed E-state index contributed by atoms with van der Waals surface area (Å²) in [4.78, 5) is 22.8. The largest absolute Gasteiger partial charge is 0.393 e. The van der Waals surface area contributed by atoms with Gasteiger partial charge in [-0.1, -0.05) is 30.3 Å². The molecule has 2 aliphatic rings. The summed E-state index contributed by atoms with van der Waals surface area (Å²) in [6.07, 6.45) is 0.506. The van der Waals surface area contributed by atoms with Crippen LogP contribution in [0.5, 0.6) is 0 Å². The average molecular weight is 399 g/mol. The lowest BCUT2D eigenvalue weighted by atomic mass is 9.90. The fourth-order valence-corrected chi connectivity index (χ4v) is 4.14. The molecule has 1 aromatic carbocycles. The molecule has 152 valence electrons. The Morgan fingerprint density at radius 1 is 1.38 bits per heavy atom. The minimum Gasteiger partial charge on any atom is -0.393 e. The van der Waals surface area contributed by atoms with Gasteiger partial charge < -0.3 is 25.1 Å². The van der Waals surface area contributed by atoms with Crippen LogP contribution >= 0.6 is 0 Å². The quantitative estimate of drug-likeness (QED) is 0.534. The normalized spacial score (nSPS) is 28.4. The van der Waals surface area contributed by atoms with Crippen LogP contribution in [0.2, 0.25) is 0 Å². The van der Waals surface area contributed by atoms with Crippen LogP contribution in [0, 0.1) is 5.92 Å². The van der Waals surface area contributed by atoms with E-state index >= 15 is 0 Å². The Balaban J connectivity index is 1.40. The lowest BCUT2D eigenvalue weighted by Crippen LogP contribution is -2.42. The number of imidazole rings is 1. The summed E-state index contributed by atoms with van der Waals surface area (Å²) in [5.41, 5.74) is 5.93. The van der Waals surface area contributed by atoms with Crippen LogP contribution in [-0.4, -0.2) is 56.2 Å². The molecule has 2 aromatic heterocycles. The zero-order valence-corrected chi connectivity index (χ0v) is 15.5. The minimum atomic E-state index is -0.880. The number of anilines is 1. The van der Waals surface area contributed by atoms with Crippen molar-refractivity contribution in [2.45, 2.75) is 24.5 Å². The number of fused-ring (bicyclic) bond motifs is 3. The Morgan fingerprint density at radius 2 is 2.21 bits per heavy atom. The molecule has 4 heterocycles. The van der Waals surface area contributed by atoms with Crippen molar-refractivity contribution in [3.8, 4) is 0 Å². The van der Waals surface area contributed by atoms with Crippen LogP contribution in [0.15, 0.2) is 41.5 Å². The maximum Gasteiger partial charge on any atom is 0.280 e. The van der Waals surface area contributed by atoms with Gasteiger partial charge >= 0.3 is 0 Å². The molecule has 3 aromatic rings. The molecule has 0 saturated carbocycles. The van der Waals surface area contributed by atoms with Gasteiger partial charge in [0.2, 0.25) is 5.95 Å². The maximum absolute atomic E-state index is 12.1. The summed E-state index contributed by atoms with van der Waals surface area (Å²) < 4.78 is 19.7. The lowest BCUT2D eigenvalue weighted by Gasteiger charge is -2.30. The number of aromatic nitrogens is 4. The first kappa shape index (κ1) is 18.3. The standard InChI is InChI=1S/C19H21N5O5/c20-18-22-15-13(16(26)23-18)21-10-24(15)17-14-12(19(8-25,29-17)9-28-14)7-27-6-11-4-2-1-3-5-11/h1-5,10,12,14,17,25H,6-9H2,(H3,20,22,23,26)/t12?,14?,17-,19+/m1/s1. The Labute approximate surface area is 165 Å². The van der Waals surface area contributed by atoms with Gasteiger partial charge in [-0.2, -0.15) is 4.98 Å². The number of aromatic amines is 1. The summed E-state index contributed by atoms with van der Waals surface area (Å²) >= 11 is 0.